The van der Waals surface area contributed by atoms with Crippen LogP contribution in [-0.2, 0) is 4.79 Å². The van der Waals surface area contributed by atoms with Crippen molar-refractivity contribution in [1.29, 1.82) is 0 Å². The van der Waals surface area contributed by atoms with Crippen LogP contribution in [0.2, 0.25) is 0 Å². The number of benzene rings is 1. The Hall–Kier alpha value is -1.86. The van der Waals surface area contributed by atoms with E-state index in [1.54, 1.807) is 31.2 Å². The fraction of sp³-hybridized carbons (Fsp3) is 0.154. The van der Waals surface area contributed by atoms with Crippen LogP contribution in [-0.4, -0.2) is 22.3 Å². The zero-order chi connectivity index (χ0) is 14.5. The van der Waals surface area contributed by atoms with E-state index in [0.29, 0.717) is 22.7 Å². The van der Waals surface area contributed by atoms with Gasteiger partial charge in [-0.05, 0) is 31.2 Å². The van der Waals surface area contributed by atoms with E-state index >= 15 is 0 Å². The third kappa shape index (κ3) is 4.57. The first-order valence-corrected chi connectivity index (χ1v) is 6.91. The van der Waals surface area contributed by atoms with E-state index in [0.717, 1.165) is 0 Å². The number of aromatic nitrogens is 1. The van der Waals surface area contributed by atoms with Gasteiger partial charge in [0, 0.05) is 11.4 Å². The molecule has 0 aliphatic rings. The van der Waals surface area contributed by atoms with Crippen LogP contribution in [0.4, 0.5) is 11.4 Å². The predicted molar refractivity (Wildman–Crippen MR) is 85.3 cm³/mol. The number of nitrogens with zero attached hydrogens (tertiary/aromatic N) is 1. The Morgan fingerprint density at radius 1 is 1.19 bits per heavy atom. The van der Waals surface area contributed by atoms with Gasteiger partial charge in [0.1, 0.15) is 11.3 Å². The maximum absolute atomic E-state index is 11.9. The van der Waals surface area contributed by atoms with Gasteiger partial charge in [-0.3, -0.25) is 9.59 Å². The average molecular weight is 375 g/mol. The number of amides is 2. The number of carbonyl (C=O) groups excluding carboxylic acids is 2. The molecule has 0 spiro atoms. The highest BCUT2D eigenvalue weighted by Crippen LogP contribution is 2.15. The number of anilines is 2. The molecular formula is C13H13BrClN3O3. The molecular weight excluding hydrogens is 362 g/mol. The largest absolute Gasteiger partial charge is 0.361 e. The van der Waals surface area contributed by atoms with Gasteiger partial charge in [0.15, 0.2) is 0 Å². The van der Waals surface area contributed by atoms with Gasteiger partial charge < -0.3 is 15.2 Å². The van der Waals surface area contributed by atoms with Gasteiger partial charge in [-0.25, -0.2) is 0 Å². The molecule has 6 nitrogen and oxygen atoms in total. The van der Waals surface area contributed by atoms with Crippen LogP contribution >= 0.6 is 28.3 Å². The highest BCUT2D eigenvalue weighted by atomic mass is 79.9. The number of halogens is 2. The van der Waals surface area contributed by atoms with Crippen molar-refractivity contribution >= 4 is 51.5 Å². The summed E-state index contributed by atoms with van der Waals surface area (Å²) in [5.74, 6) is 0.0339. The van der Waals surface area contributed by atoms with Gasteiger partial charge in [0.05, 0.1) is 11.5 Å². The van der Waals surface area contributed by atoms with Crippen LogP contribution < -0.4 is 10.6 Å². The summed E-state index contributed by atoms with van der Waals surface area (Å²) in [4.78, 5) is 23.1. The fourth-order valence-electron chi connectivity index (χ4n) is 1.55. The van der Waals surface area contributed by atoms with Crippen molar-refractivity contribution in [3.05, 3.63) is 41.8 Å². The number of carbonyl (C=O) groups is 2. The summed E-state index contributed by atoms with van der Waals surface area (Å²) < 4.78 is 4.84. The van der Waals surface area contributed by atoms with Crippen LogP contribution in [0.15, 0.2) is 35.0 Å². The molecule has 0 saturated carbocycles. The lowest BCUT2D eigenvalue weighted by Gasteiger charge is -2.06. The molecule has 0 unspecified atom stereocenters. The second-order valence-corrected chi connectivity index (χ2v) is 4.57. The van der Waals surface area contributed by atoms with Crippen molar-refractivity contribution in [1.82, 2.24) is 5.16 Å². The lowest BCUT2D eigenvalue weighted by atomic mass is 10.2. The van der Waals surface area contributed by atoms with E-state index in [9.17, 15) is 9.59 Å². The molecule has 2 aromatic rings. The molecule has 2 amide bonds. The van der Waals surface area contributed by atoms with Gasteiger partial charge in [0.25, 0.3) is 5.91 Å². The van der Waals surface area contributed by atoms with Gasteiger partial charge in [-0.2, -0.15) is 0 Å². The Bertz CT molecular complexity index is 628. The highest BCUT2D eigenvalue weighted by molar-refractivity contribution is 9.09. The molecule has 2 N–H and O–H groups in total. The number of aryl methyl sites for hydroxylation is 1. The van der Waals surface area contributed by atoms with E-state index < -0.39 is 0 Å². The monoisotopic (exact) mass is 373 g/mol. The molecule has 0 atom stereocenters. The molecule has 0 aliphatic heterocycles. The predicted octanol–water partition coefficient (Wildman–Crippen LogP) is 2.99. The summed E-state index contributed by atoms with van der Waals surface area (Å²) in [6.45, 7) is 1.67. The molecule has 8 heteroatoms. The highest BCUT2D eigenvalue weighted by Gasteiger charge is 2.12. The molecule has 2 rings (SSSR count). The standard InChI is InChI=1S/C13H12BrN3O3.ClH/c1-8-11(7-15-20-8)13(19)17-10-4-2-9(3-5-10)16-12(18)6-14;/h2-5,7H,6H2,1H3,(H,16,18)(H,17,19);1H. The van der Waals surface area contributed by atoms with Gasteiger partial charge >= 0.3 is 0 Å². The second kappa shape index (κ2) is 7.80. The van der Waals surface area contributed by atoms with E-state index in [1.807, 2.05) is 0 Å². The Morgan fingerprint density at radius 2 is 1.76 bits per heavy atom. The first kappa shape index (κ1) is 17.2. The van der Waals surface area contributed by atoms with Gasteiger partial charge in [0.2, 0.25) is 5.91 Å². The summed E-state index contributed by atoms with van der Waals surface area (Å²) >= 11 is 3.06. The topological polar surface area (TPSA) is 84.2 Å². The molecule has 1 heterocycles. The molecule has 1 aromatic heterocycles. The smallest absolute Gasteiger partial charge is 0.260 e. The van der Waals surface area contributed by atoms with Crippen molar-refractivity contribution in [2.75, 3.05) is 16.0 Å². The van der Waals surface area contributed by atoms with Crippen LogP contribution in [0.3, 0.4) is 0 Å². The molecule has 0 bridgehead atoms. The Balaban J connectivity index is 0.00000220. The van der Waals surface area contributed by atoms with Crippen LogP contribution in [0.25, 0.3) is 0 Å². The number of hydrogen-bond donors (Lipinski definition) is 2. The summed E-state index contributed by atoms with van der Waals surface area (Å²) in [6, 6.07) is 6.81. The number of hydrogen-bond acceptors (Lipinski definition) is 4. The molecule has 1 aromatic carbocycles. The van der Waals surface area contributed by atoms with Crippen LogP contribution in [0.1, 0.15) is 16.1 Å². The first-order chi connectivity index (χ1) is 9.60. The summed E-state index contributed by atoms with van der Waals surface area (Å²) in [5, 5.41) is 9.19. The third-order valence-electron chi connectivity index (χ3n) is 2.54. The quantitative estimate of drug-likeness (QED) is 0.806. The number of alkyl halides is 1. The minimum absolute atomic E-state index is 0. The Labute approximate surface area is 135 Å². The molecule has 0 fully saturated rings. The van der Waals surface area contributed by atoms with E-state index in [2.05, 4.69) is 31.7 Å². The Kier molecular flexibility index (Phi) is 6.39. The van der Waals surface area contributed by atoms with Crippen molar-refractivity contribution in [2.24, 2.45) is 0 Å². The molecule has 21 heavy (non-hydrogen) atoms. The van der Waals surface area contributed by atoms with E-state index in [-0.39, 0.29) is 29.6 Å². The molecule has 112 valence electrons. The van der Waals surface area contributed by atoms with Crippen LogP contribution in [0.5, 0.6) is 0 Å². The second-order valence-electron chi connectivity index (χ2n) is 4.01. The third-order valence-corrected chi connectivity index (χ3v) is 3.05. The fourth-order valence-corrected chi connectivity index (χ4v) is 1.69. The summed E-state index contributed by atoms with van der Waals surface area (Å²) in [5.41, 5.74) is 1.67. The van der Waals surface area contributed by atoms with Crippen molar-refractivity contribution in [2.45, 2.75) is 6.92 Å². The normalized spacial score (nSPS) is 9.62. The minimum Gasteiger partial charge on any atom is -0.361 e. The number of rotatable bonds is 4. The maximum Gasteiger partial charge on any atom is 0.260 e. The maximum atomic E-state index is 11.9. The van der Waals surface area contributed by atoms with Crippen molar-refractivity contribution in [3.63, 3.8) is 0 Å². The zero-order valence-electron chi connectivity index (χ0n) is 11.1. The summed E-state index contributed by atoms with van der Waals surface area (Å²) in [7, 11) is 0. The van der Waals surface area contributed by atoms with Crippen molar-refractivity contribution in [3.8, 4) is 0 Å². The van der Waals surface area contributed by atoms with E-state index in [4.69, 9.17) is 4.52 Å². The molecule has 0 radical (unpaired) electrons. The Morgan fingerprint density at radius 3 is 2.24 bits per heavy atom. The lowest BCUT2D eigenvalue weighted by Crippen LogP contribution is -2.13. The summed E-state index contributed by atoms with van der Waals surface area (Å²) in [6.07, 6.45) is 1.37. The van der Waals surface area contributed by atoms with Gasteiger partial charge in [-0.1, -0.05) is 21.1 Å². The lowest BCUT2D eigenvalue weighted by molar-refractivity contribution is -0.113. The molecule has 0 saturated heterocycles. The first-order valence-electron chi connectivity index (χ1n) is 5.78. The van der Waals surface area contributed by atoms with Gasteiger partial charge in [-0.15, -0.1) is 12.4 Å². The van der Waals surface area contributed by atoms with Crippen molar-refractivity contribution < 1.29 is 14.1 Å². The average Bonchev–Trinajstić information content (AvgIpc) is 2.87. The SMILES string of the molecule is Cc1oncc1C(=O)Nc1ccc(NC(=O)CBr)cc1.Cl. The minimum atomic E-state index is -0.291. The van der Waals surface area contributed by atoms with Crippen LogP contribution in [0, 0.1) is 6.92 Å². The number of nitrogens with one attached hydrogen (secondary N) is 2. The molecule has 0 aliphatic carbocycles. The zero-order valence-corrected chi connectivity index (χ0v) is 13.5. The van der Waals surface area contributed by atoms with E-state index in [1.165, 1.54) is 6.20 Å².